The summed E-state index contributed by atoms with van der Waals surface area (Å²) < 4.78 is 4.87. The van der Waals surface area contributed by atoms with Gasteiger partial charge < -0.3 is 21.7 Å². The van der Waals surface area contributed by atoms with Gasteiger partial charge in [-0.05, 0) is 48.5 Å². The van der Waals surface area contributed by atoms with Gasteiger partial charge in [0.05, 0.1) is 19.5 Å². The summed E-state index contributed by atoms with van der Waals surface area (Å²) in [6.45, 7) is 2.35. The molecule has 0 amide bonds. The van der Waals surface area contributed by atoms with Crippen LogP contribution in [0, 0.1) is 0 Å². The molecule has 0 spiro atoms. The molecule has 0 aliphatic rings. The van der Waals surface area contributed by atoms with Crippen molar-refractivity contribution in [3.8, 4) is 11.3 Å². The fraction of sp³-hybridized carbons (Fsp3) is 0.0769. The Morgan fingerprint density at radius 3 is 1.87 bits per heavy atom. The lowest BCUT2D eigenvalue weighted by molar-refractivity contribution is -0.0000204. The molecule has 0 fully saturated rings. The molecular formula is C26H23BrNO2P. The molecule has 31 heavy (non-hydrogen) atoms. The second-order valence-electron chi connectivity index (χ2n) is 7.09. The Hall–Kier alpha value is -2.81. The Kier molecular flexibility index (Phi) is 7.37. The van der Waals surface area contributed by atoms with E-state index >= 15 is 0 Å². The molecule has 4 rings (SSSR count). The van der Waals surface area contributed by atoms with Crippen LogP contribution in [0.15, 0.2) is 103 Å². The second-order valence-corrected chi connectivity index (χ2v) is 10.6. The number of esters is 1. The van der Waals surface area contributed by atoms with Gasteiger partial charge in [-0.1, -0.05) is 54.6 Å². The maximum Gasteiger partial charge on any atom is 0.356 e. The Morgan fingerprint density at radius 1 is 0.742 bits per heavy atom. The minimum absolute atomic E-state index is 0. The highest BCUT2D eigenvalue weighted by atomic mass is 79.9. The molecule has 0 radical (unpaired) electrons. The fourth-order valence-electron chi connectivity index (χ4n) is 3.76. The molecular weight excluding hydrogens is 469 g/mol. The maximum atomic E-state index is 12.0. The van der Waals surface area contributed by atoms with Crippen molar-refractivity contribution in [1.82, 2.24) is 4.98 Å². The van der Waals surface area contributed by atoms with Gasteiger partial charge in [0.2, 0.25) is 0 Å². The van der Waals surface area contributed by atoms with Gasteiger partial charge >= 0.3 is 5.97 Å². The van der Waals surface area contributed by atoms with Crippen LogP contribution in [0.2, 0.25) is 0 Å². The summed E-state index contributed by atoms with van der Waals surface area (Å²) in [4.78, 5) is 16.7. The van der Waals surface area contributed by atoms with Crippen LogP contribution in [0.25, 0.3) is 11.3 Å². The molecule has 0 aliphatic heterocycles. The van der Waals surface area contributed by atoms with E-state index in [4.69, 9.17) is 4.74 Å². The minimum Gasteiger partial charge on any atom is -1.00 e. The number of carbonyl (C=O) groups is 1. The Labute approximate surface area is 194 Å². The predicted molar refractivity (Wildman–Crippen MR) is 126 cm³/mol. The molecule has 0 unspecified atom stereocenters. The highest BCUT2D eigenvalue weighted by molar-refractivity contribution is 7.95. The number of nitrogens with zero attached hydrogens (tertiary/aromatic N) is 1. The molecule has 4 aromatic rings. The smallest absolute Gasteiger partial charge is 0.356 e. The van der Waals surface area contributed by atoms with Crippen LogP contribution >= 0.6 is 7.26 Å². The van der Waals surface area contributed by atoms with Crippen molar-refractivity contribution in [3.05, 3.63) is 109 Å². The van der Waals surface area contributed by atoms with Gasteiger partial charge in [-0.15, -0.1) is 0 Å². The van der Waals surface area contributed by atoms with Crippen LogP contribution < -0.4 is 32.9 Å². The van der Waals surface area contributed by atoms with E-state index in [2.05, 4.69) is 78.4 Å². The Balaban J connectivity index is 0.00000272. The molecule has 0 saturated carbocycles. The summed E-state index contributed by atoms with van der Waals surface area (Å²) in [6, 6.07) is 35.1. The normalized spacial score (nSPS) is 10.8. The van der Waals surface area contributed by atoms with Crippen molar-refractivity contribution in [2.45, 2.75) is 0 Å². The first-order chi connectivity index (χ1) is 14.6. The van der Waals surface area contributed by atoms with E-state index in [-0.39, 0.29) is 17.0 Å². The number of benzene rings is 3. The quantitative estimate of drug-likeness (QED) is 0.313. The van der Waals surface area contributed by atoms with E-state index in [1.165, 1.54) is 23.0 Å². The molecule has 156 valence electrons. The van der Waals surface area contributed by atoms with Crippen molar-refractivity contribution in [1.29, 1.82) is 0 Å². The summed E-state index contributed by atoms with van der Waals surface area (Å²) in [5.41, 5.74) is 2.11. The van der Waals surface area contributed by atoms with Gasteiger partial charge in [0.15, 0.2) is 0 Å². The third-order valence-electron chi connectivity index (χ3n) is 5.35. The van der Waals surface area contributed by atoms with Crippen molar-refractivity contribution in [2.24, 2.45) is 0 Å². The zero-order chi connectivity index (χ0) is 21.0. The Bertz CT molecular complexity index is 1130. The third-order valence-corrected chi connectivity index (χ3v) is 9.37. The number of carbonyl (C=O) groups excluding carboxylic acids is 1. The monoisotopic (exact) mass is 491 g/mol. The number of halogens is 1. The molecule has 1 aromatic heterocycles. The maximum absolute atomic E-state index is 12.0. The molecule has 0 saturated heterocycles. The van der Waals surface area contributed by atoms with E-state index in [0.29, 0.717) is 5.69 Å². The van der Waals surface area contributed by atoms with Gasteiger partial charge in [-0.25, -0.2) is 9.78 Å². The molecule has 0 aliphatic carbocycles. The minimum atomic E-state index is -1.93. The SMILES string of the molecule is COC(=O)c1cccc(-c2ccccc2[P+](C)(c2ccccc2)c2ccccc2)n1.[Br-]. The van der Waals surface area contributed by atoms with Crippen LogP contribution in [0.3, 0.4) is 0 Å². The summed E-state index contributed by atoms with van der Waals surface area (Å²) in [5, 5.41) is 3.83. The van der Waals surface area contributed by atoms with E-state index < -0.39 is 13.2 Å². The highest BCUT2D eigenvalue weighted by Gasteiger charge is 2.42. The average Bonchev–Trinajstić information content (AvgIpc) is 2.84. The summed E-state index contributed by atoms with van der Waals surface area (Å²) in [7, 11) is -0.558. The first-order valence-electron chi connectivity index (χ1n) is 9.77. The van der Waals surface area contributed by atoms with Gasteiger partial charge in [-0.3, -0.25) is 0 Å². The van der Waals surface area contributed by atoms with Crippen LogP contribution in [0.5, 0.6) is 0 Å². The summed E-state index contributed by atoms with van der Waals surface area (Å²) >= 11 is 0. The average molecular weight is 492 g/mol. The molecule has 3 nitrogen and oxygen atoms in total. The zero-order valence-electron chi connectivity index (χ0n) is 17.4. The topological polar surface area (TPSA) is 39.2 Å². The number of methoxy groups -OCH3 is 1. The summed E-state index contributed by atoms with van der Waals surface area (Å²) in [5.74, 6) is -0.432. The van der Waals surface area contributed by atoms with E-state index in [1.807, 2.05) is 30.3 Å². The van der Waals surface area contributed by atoms with E-state index in [0.717, 1.165) is 11.3 Å². The number of hydrogen-bond acceptors (Lipinski definition) is 3. The molecule has 0 atom stereocenters. The molecule has 1 heterocycles. The molecule has 5 heteroatoms. The number of ether oxygens (including phenoxy) is 1. The predicted octanol–water partition coefficient (Wildman–Crippen LogP) is 1.46. The van der Waals surface area contributed by atoms with E-state index in [1.54, 1.807) is 6.07 Å². The van der Waals surface area contributed by atoms with Crippen molar-refractivity contribution >= 4 is 29.1 Å². The van der Waals surface area contributed by atoms with Gasteiger partial charge in [0, 0.05) is 5.56 Å². The lowest BCUT2D eigenvalue weighted by atomic mass is 10.1. The Morgan fingerprint density at radius 2 is 1.29 bits per heavy atom. The van der Waals surface area contributed by atoms with Crippen molar-refractivity contribution in [2.75, 3.05) is 13.8 Å². The number of rotatable bonds is 5. The van der Waals surface area contributed by atoms with Crippen LogP contribution in [0.1, 0.15) is 10.5 Å². The number of aromatic nitrogens is 1. The third kappa shape index (κ3) is 4.46. The van der Waals surface area contributed by atoms with Crippen LogP contribution in [-0.2, 0) is 4.74 Å². The standard InChI is InChI=1S/C26H23NO2P.BrH/c1-29-26(28)24-18-11-17-23(27-24)22-16-9-10-19-25(22)30(2,20-12-5-3-6-13-20)21-14-7-4-8-15-21;/h3-19H,1-2H3;1H/q+1;/p-1. The second kappa shape index (κ2) is 10.00. The van der Waals surface area contributed by atoms with Gasteiger partial charge in [0.1, 0.15) is 28.9 Å². The highest BCUT2D eigenvalue weighted by Crippen LogP contribution is 2.53. The number of pyridine rings is 1. The van der Waals surface area contributed by atoms with Crippen LogP contribution in [0.4, 0.5) is 0 Å². The fourth-order valence-corrected chi connectivity index (χ4v) is 7.21. The first-order valence-corrected chi connectivity index (χ1v) is 12.0. The van der Waals surface area contributed by atoms with Crippen LogP contribution in [-0.4, -0.2) is 24.7 Å². The zero-order valence-corrected chi connectivity index (χ0v) is 19.9. The summed E-state index contributed by atoms with van der Waals surface area (Å²) in [6.07, 6.45) is 0. The van der Waals surface area contributed by atoms with Gasteiger partial charge in [0.25, 0.3) is 0 Å². The first kappa shape index (κ1) is 22.9. The lowest BCUT2D eigenvalue weighted by Gasteiger charge is -2.25. The number of hydrogen-bond donors (Lipinski definition) is 0. The van der Waals surface area contributed by atoms with Crippen molar-refractivity contribution in [3.63, 3.8) is 0 Å². The molecule has 0 N–H and O–H groups in total. The van der Waals surface area contributed by atoms with E-state index in [9.17, 15) is 4.79 Å². The van der Waals surface area contributed by atoms with Crippen molar-refractivity contribution < 1.29 is 26.5 Å². The largest absolute Gasteiger partial charge is 1.00 e. The molecule has 0 bridgehead atoms. The molecule has 3 aromatic carbocycles. The van der Waals surface area contributed by atoms with Gasteiger partial charge in [-0.2, -0.15) is 0 Å². The lowest BCUT2D eigenvalue weighted by Crippen LogP contribution is -3.00.